The number of aromatic nitrogens is 1. The van der Waals surface area contributed by atoms with Crippen LogP contribution in [0.15, 0.2) is 34.6 Å². The maximum atomic E-state index is 11.0. The molecule has 2 aromatic rings. The van der Waals surface area contributed by atoms with E-state index in [1.54, 1.807) is 18.4 Å². The normalized spacial score (nSPS) is 11.1. The standard InChI is InChI=1S/C19H27N5OS.HI/c1-13(2)17-12-26-18(24-17)11-22-19(20-4)21-10-9-15-5-7-16(8-6-15)23-14(3)25;/h5-8,12-13H,9-11H2,1-4H3,(H,23,25)(H2,20,21,22);1H. The lowest BCUT2D eigenvalue weighted by molar-refractivity contribution is -0.114. The second-order valence-corrected chi connectivity index (χ2v) is 7.24. The largest absolute Gasteiger partial charge is 0.356 e. The highest BCUT2D eigenvalue weighted by Gasteiger charge is 2.06. The van der Waals surface area contributed by atoms with Crippen molar-refractivity contribution in [1.82, 2.24) is 15.6 Å². The SMILES string of the molecule is CN=C(NCCc1ccc(NC(C)=O)cc1)NCc1nc(C(C)C)cs1.I. The van der Waals surface area contributed by atoms with Crippen molar-refractivity contribution in [3.63, 3.8) is 0 Å². The highest BCUT2D eigenvalue weighted by atomic mass is 127. The molecular formula is C19H28IN5OS. The number of nitrogens with zero attached hydrogens (tertiary/aromatic N) is 2. The molecule has 27 heavy (non-hydrogen) atoms. The van der Waals surface area contributed by atoms with Gasteiger partial charge in [0, 0.05) is 31.6 Å². The van der Waals surface area contributed by atoms with E-state index in [1.807, 2.05) is 24.3 Å². The van der Waals surface area contributed by atoms with Crippen molar-refractivity contribution >= 4 is 52.9 Å². The molecule has 2 rings (SSSR count). The number of anilines is 1. The van der Waals surface area contributed by atoms with Gasteiger partial charge in [-0.2, -0.15) is 0 Å². The van der Waals surface area contributed by atoms with E-state index in [4.69, 9.17) is 0 Å². The molecule has 0 saturated heterocycles. The highest BCUT2D eigenvalue weighted by molar-refractivity contribution is 14.0. The van der Waals surface area contributed by atoms with E-state index in [2.05, 4.69) is 45.2 Å². The van der Waals surface area contributed by atoms with E-state index in [9.17, 15) is 4.79 Å². The molecule has 8 heteroatoms. The van der Waals surface area contributed by atoms with E-state index in [1.165, 1.54) is 12.5 Å². The Bertz CT molecular complexity index is 743. The summed E-state index contributed by atoms with van der Waals surface area (Å²) in [4.78, 5) is 19.9. The minimum atomic E-state index is -0.0602. The number of nitrogens with one attached hydrogen (secondary N) is 3. The number of carbonyl (C=O) groups is 1. The van der Waals surface area contributed by atoms with Gasteiger partial charge in [-0.15, -0.1) is 35.3 Å². The smallest absolute Gasteiger partial charge is 0.221 e. The fraction of sp³-hybridized carbons (Fsp3) is 0.421. The predicted octanol–water partition coefficient (Wildman–Crippen LogP) is 3.75. The van der Waals surface area contributed by atoms with Crippen molar-refractivity contribution in [3.05, 3.63) is 45.9 Å². The Morgan fingerprint density at radius 2 is 1.93 bits per heavy atom. The first kappa shape index (κ1) is 23.4. The summed E-state index contributed by atoms with van der Waals surface area (Å²) >= 11 is 1.67. The second-order valence-electron chi connectivity index (χ2n) is 6.30. The molecule has 0 aliphatic carbocycles. The number of carbonyl (C=O) groups excluding carboxylic acids is 1. The summed E-state index contributed by atoms with van der Waals surface area (Å²) in [6.07, 6.45) is 0.871. The fourth-order valence-corrected chi connectivity index (χ4v) is 3.23. The van der Waals surface area contributed by atoms with Crippen molar-refractivity contribution < 1.29 is 4.79 Å². The molecule has 0 bridgehead atoms. The topological polar surface area (TPSA) is 78.4 Å². The van der Waals surface area contributed by atoms with Crippen LogP contribution in [0.4, 0.5) is 5.69 Å². The third-order valence-electron chi connectivity index (χ3n) is 3.77. The first-order valence-electron chi connectivity index (χ1n) is 8.73. The number of aliphatic imine (C=N–C) groups is 1. The summed E-state index contributed by atoms with van der Waals surface area (Å²) in [7, 11) is 1.76. The van der Waals surface area contributed by atoms with E-state index in [0.717, 1.165) is 35.3 Å². The second kappa shape index (κ2) is 11.9. The van der Waals surface area contributed by atoms with Gasteiger partial charge in [-0.05, 0) is 30.0 Å². The zero-order chi connectivity index (χ0) is 18.9. The number of halogens is 1. The molecule has 0 spiro atoms. The molecule has 0 fully saturated rings. The Hall–Kier alpha value is -1.68. The van der Waals surface area contributed by atoms with Crippen molar-refractivity contribution in [2.45, 2.75) is 39.7 Å². The summed E-state index contributed by atoms with van der Waals surface area (Å²) in [6, 6.07) is 7.87. The zero-order valence-corrected chi connectivity index (χ0v) is 19.4. The molecule has 1 amide bonds. The molecule has 6 nitrogen and oxygen atoms in total. The van der Waals surface area contributed by atoms with Gasteiger partial charge in [-0.1, -0.05) is 26.0 Å². The molecule has 0 aliphatic heterocycles. The van der Waals surface area contributed by atoms with Gasteiger partial charge < -0.3 is 16.0 Å². The molecule has 0 atom stereocenters. The van der Waals surface area contributed by atoms with Gasteiger partial charge in [0.2, 0.25) is 5.91 Å². The predicted molar refractivity (Wildman–Crippen MR) is 124 cm³/mol. The van der Waals surface area contributed by atoms with Gasteiger partial charge in [-0.3, -0.25) is 9.79 Å². The van der Waals surface area contributed by atoms with Crippen LogP contribution in [-0.4, -0.2) is 30.4 Å². The molecule has 0 saturated carbocycles. The first-order chi connectivity index (χ1) is 12.5. The molecule has 0 radical (unpaired) electrons. The van der Waals surface area contributed by atoms with Crippen LogP contribution < -0.4 is 16.0 Å². The maximum absolute atomic E-state index is 11.0. The van der Waals surface area contributed by atoms with Crippen molar-refractivity contribution in [2.24, 2.45) is 4.99 Å². The van der Waals surface area contributed by atoms with Crippen LogP contribution in [0.2, 0.25) is 0 Å². The molecule has 148 valence electrons. The van der Waals surface area contributed by atoms with Crippen LogP contribution in [0.25, 0.3) is 0 Å². The minimum absolute atomic E-state index is 0. The Balaban J connectivity index is 0.00000364. The zero-order valence-electron chi connectivity index (χ0n) is 16.2. The number of thiazole rings is 1. The molecule has 1 heterocycles. The van der Waals surface area contributed by atoms with Crippen LogP contribution in [0.5, 0.6) is 0 Å². The number of benzene rings is 1. The van der Waals surface area contributed by atoms with E-state index in [-0.39, 0.29) is 29.9 Å². The lowest BCUT2D eigenvalue weighted by Gasteiger charge is -2.11. The van der Waals surface area contributed by atoms with Gasteiger partial charge in [0.15, 0.2) is 5.96 Å². The highest BCUT2D eigenvalue weighted by Crippen LogP contribution is 2.17. The minimum Gasteiger partial charge on any atom is -0.356 e. The molecule has 0 unspecified atom stereocenters. The number of hydrogen-bond acceptors (Lipinski definition) is 4. The van der Waals surface area contributed by atoms with Gasteiger partial charge in [0.25, 0.3) is 0 Å². The van der Waals surface area contributed by atoms with E-state index < -0.39 is 0 Å². The summed E-state index contributed by atoms with van der Waals surface area (Å²) in [5.74, 6) is 1.16. The third-order valence-corrected chi connectivity index (χ3v) is 4.64. The van der Waals surface area contributed by atoms with Gasteiger partial charge in [-0.25, -0.2) is 4.98 Å². The number of amides is 1. The van der Waals surface area contributed by atoms with Crippen molar-refractivity contribution in [3.8, 4) is 0 Å². The van der Waals surface area contributed by atoms with Crippen molar-refractivity contribution in [1.29, 1.82) is 0 Å². The summed E-state index contributed by atoms with van der Waals surface area (Å²) in [6.45, 7) is 7.24. The lowest BCUT2D eigenvalue weighted by Crippen LogP contribution is -2.37. The Labute approximate surface area is 182 Å². The quantitative estimate of drug-likeness (QED) is 0.307. The lowest BCUT2D eigenvalue weighted by atomic mass is 10.1. The average Bonchev–Trinajstić information content (AvgIpc) is 3.08. The van der Waals surface area contributed by atoms with Crippen LogP contribution in [-0.2, 0) is 17.8 Å². The average molecular weight is 501 g/mol. The van der Waals surface area contributed by atoms with E-state index in [0.29, 0.717) is 12.5 Å². The van der Waals surface area contributed by atoms with Crippen LogP contribution in [0.3, 0.4) is 0 Å². The Morgan fingerprint density at radius 3 is 2.48 bits per heavy atom. The molecule has 0 aliphatic rings. The maximum Gasteiger partial charge on any atom is 0.221 e. The molecule has 3 N–H and O–H groups in total. The number of rotatable bonds is 7. The van der Waals surface area contributed by atoms with Crippen LogP contribution in [0.1, 0.15) is 43.0 Å². The third kappa shape index (κ3) is 8.25. The van der Waals surface area contributed by atoms with Gasteiger partial charge in [0.05, 0.1) is 12.2 Å². The van der Waals surface area contributed by atoms with Gasteiger partial charge in [0.1, 0.15) is 5.01 Å². The summed E-state index contributed by atoms with van der Waals surface area (Å²) < 4.78 is 0. The summed E-state index contributed by atoms with van der Waals surface area (Å²) in [5, 5.41) is 12.5. The fourth-order valence-electron chi connectivity index (χ4n) is 2.33. The number of hydrogen-bond donors (Lipinski definition) is 3. The van der Waals surface area contributed by atoms with Crippen LogP contribution in [0, 0.1) is 0 Å². The van der Waals surface area contributed by atoms with E-state index >= 15 is 0 Å². The summed E-state index contributed by atoms with van der Waals surface area (Å²) in [5.41, 5.74) is 3.15. The monoisotopic (exact) mass is 501 g/mol. The Morgan fingerprint density at radius 1 is 1.22 bits per heavy atom. The van der Waals surface area contributed by atoms with Gasteiger partial charge >= 0.3 is 0 Å². The Kier molecular flexibility index (Phi) is 10.3. The molecule has 1 aromatic heterocycles. The number of guanidine groups is 1. The molecular weight excluding hydrogens is 473 g/mol. The first-order valence-corrected chi connectivity index (χ1v) is 9.61. The van der Waals surface area contributed by atoms with Crippen LogP contribution >= 0.6 is 35.3 Å². The molecule has 1 aromatic carbocycles. The van der Waals surface area contributed by atoms with Crippen molar-refractivity contribution in [2.75, 3.05) is 18.9 Å².